The van der Waals surface area contributed by atoms with Gasteiger partial charge in [-0.2, -0.15) is 0 Å². The first-order valence-corrected chi connectivity index (χ1v) is 8.72. The van der Waals surface area contributed by atoms with Gasteiger partial charge in [-0.15, -0.1) is 24.8 Å². The number of aryl methyl sites for hydroxylation is 1. The average molecular weight is 464 g/mol. The van der Waals surface area contributed by atoms with Crippen molar-refractivity contribution in [2.75, 3.05) is 0 Å². The number of hydrogen-bond acceptors (Lipinski definition) is 3. The van der Waals surface area contributed by atoms with Crippen molar-refractivity contribution in [2.24, 2.45) is 5.73 Å². The first-order valence-electron chi connectivity index (χ1n) is 7.97. The van der Waals surface area contributed by atoms with E-state index in [0.29, 0.717) is 26.7 Å². The summed E-state index contributed by atoms with van der Waals surface area (Å²) in [5.41, 5.74) is 9.92. The van der Waals surface area contributed by atoms with Crippen molar-refractivity contribution < 1.29 is 9.50 Å². The minimum Gasteiger partial charge on any atom is -0.386 e. The Labute approximate surface area is 185 Å². The molecule has 0 saturated carbocycles. The van der Waals surface area contributed by atoms with Gasteiger partial charge in [0.15, 0.2) is 0 Å². The number of benzene rings is 2. The van der Waals surface area contributed by atoms with E-state index in [4.69, 9.17) is 28.9 Å². The zero-order valence-corrected chi connectivity index (χ0v) is 17.9. The summed E-state index contributed by atoms with van der Waals surface area (Å²) in [4.78, 5) is 3.86. The Morgan fingerprint density at radius 3 is 2.29 bits per heavy atom. The highest BCUT2D eigenvalue weighted by atomic mass is 35.5. The van der Waals surface area contributed by atoms with Crippen molar-refractivity contribution in [2.45, 2.75) is 19.1 Å². The molecular formula is C20H19Cl4FN2O. The molecular weight excluding hydrogens is 445 g/mol. The van der Waals surface area contributed by atoms with Crippen molar-refractivity contribution in [3.63, 3.8) is 0 Å². The van der Waals surface area contributed by atoms with Gasteiger partial charge in [-0.05, 0) is 47.4 Å². The predicted molar refractivity (Wildman–Crippen MR) is 117 cm³/mol. The number of aliphatic hydroxyl groups is 1. The fourth-order valence-corrected chi connectivity index (χ4v) is 3.16. The van der Waals surface area contributed by atoms with Crippen molar-refractivity contribution in [1.82, 2.24) is 4.98 Å². The number of aliphatic hydroxyl groups excluding tert-OH is 1. The lowest BCUT2D eigenvalue weighted by molar-refractivity contribution is 0.146. The van der Waals surface area contributed by atoms with Gasteiger partial charge in [0.1, 0.15) is 5.82 Å². The van der Waals surface area contributed by atoms with E-state index in [9.17, 15) is 9.50 Å². The quantitative estimate of drug-likeness (QED) is 0.492. The smallest absolute Gasteiger partial charge is 0.142 e. The van der Waals surface area contributed by atoms with Crippen LogP contribution < -0.4 is 5.73 Å². The number of nitrogens with zero attached hydrogens (tertiary/aromatic N) is 1. The molecule has 150 valence electrons. The molecule has 3 N–H and O–H groups in total. The molecule has 3 nitrogen and oxygen atoms in total. The molecule has 0 aliphatic heterocycles. The summed E-state index contributed by atoms with van der Waals surface area (Å²) in [5, 5.41) is 11.5. The Bertz CT molecular complexity index is 955. The van der Waals surface area contributed by atoms with E-state index in [1.807, 2.05) is 19.1 Å². The van der Waals surface area contributed by atoms with Gasteiger partial charge in [-0.1, -0.05) is 47.5 Å². The maximum Gasteiger partial charge on any atom is 0.142 e. The Hall–Kier alpha value is -1.40. The normalized spacial score (nSPS) is 12.5. The number of halogens is 5. The zero-order valence-electron chi connectivity index (χ0n) is 14.8. The first kappa shape index (κ1) is 24.6. The fourth-order valence-electron chi connectivity index (χ4n) is 2.85. The largest absolute Gasteiger partial charge is 0.386 e. The fraction of sp³-hybridized carbons (Fsp3) is 0.150. The third kappa shape index (κ3) is 5.35. The lowest BCUT2D eigenvalue weighted by atomic mass is 9.92. The predicted octanol–water partition coefficient (Wildman–Crippen LogP) is 6.08. The van der Waals surface area contributed by atoms with Gasteiger partial charge in [0.2, 0.25) is 0 Å². The number of aromatic nitrogens is 1. The summed E-state index contributed by atoms with van der Waals surface area (Å²) >= 11 is 12.0. The van der Waals surface area contributed by atoms with Crippen LogP contribution in [0.3, 0.4) is 0 Å². The molecule has 3 rings (SSSR count). The molecule has 0 amide bonds. The highest BCUT2D eigenvalue weighted by Gasteiger charge is 2.21. The van der Waals surface area contributed by atoms with Crippen molar-refractivity contribution >= 4 is 48.0 Å². The number of pyridine rings is 1. The highest BCUT2D eigenvalue weighted by Crippen LogP contribution is 2.33. The first-order chi connectivity index (χ1) is 12.4. The van der Waals surface area contributed by atoms with Crippen LogP contribution in [0.15, 0.2) is 54.9 Å². The molecule has 3 aromatic rings. The topological polar surface area (TPSA) is 59.1 Å². The standard InChI is InChI=1S/C20H17Cl2FN2O.2ClH/c1-11-6-12(14-7-15(23)10-25-9-14)2-4-16(11)20(26)19(24)13-3-5-17(21)18(22)8-13;;/h2-10,19-20,26H,24H2,1H3;2*1H/t19-,20+;;/m1../s1. The number of hydrogen-bond donors (Lipinski definition) is 2. The summed E-state index contributed by atoms with van der Waals surface area (Å²) in [5.74, 6) is -0.397. The van der Waals surface area contributed by atoms with Crippen molar-refractivity contribution in [1.29, 1.82) is 0 Å². The van der Waals surface area contributed by atoms with Crippen LogP contribution in [0.2, 0.25) is 10.0 Å². The van der Waals surface area contributed by atoms with E-state index >= 15 is 0 Å². The zero-order chi connectivity index (χ0) is 18.8. The molecule has 0 bridgehead atoms. The van der Waals surface area contributed by atoms with Crippen LogP contribution in [0.1, 0.15) is 28.8 Å². The third-order valence-electron chi connectivity index (χ3n) is 4.30. The van der Waals surface area contributed by atoms with Crippen molar-refractivity contribution in [3.8, 4) is 11.1 Å². The van der Waals surface area contributed by atoms with E-state index in [0.717, 1.165) is 17.3 Å². The Morgan fingerprint density at radius 1 is 0.964 bits per heavy atom. The number of rotatable bonds is 4. The molecule has 0 aliphatic rings. The Morgan fingerprint density at radius 2 is 1.68 bits per heavy atom. The Balaban J connectivity index is 0.00000196. The molecule has 2 atom stereocenters. The van der Waals surface area contributed by atoms with E-state index in [2.05, 4.69) is 4.98 Å². The van der Waals surface area contributed by atoms with Crippen LogP contribution in [0.4, 0.5) is 4.39 Å². The van der Waals surface area contributed by atoms with Gasteiger partial charge in [-0.3, -0.25) is 4.98 Å². The molecule has 8 heteroatoms. The van der Waals surface area contributed by atoms with E-state index in [1.165, 1.54) is 6.07 Å². The minimum atomic E-state index is -0.924. The average Bonchev–Trinajstić information content (AvgIpc) is 2.62. The Kier molecular flexibility index (Phi) is 9.15. The molecule has 1 aromatic heterocycles. The summed E-state index contributed by atoms with van der Waals surface area (Å²) < 4.78 is 13.4. The second kappa shape index (κ2) is 10.4. The molecule has 2 aromatic carbocycles. The van der Waals surface area contributed by atoms with Crippen LogP contribution in [0, 0.1) is 12.7 Å². The van der Waals surface area contributed by atoms with E-state index in [1.54, 1.807) is 30.5 Å². The van der Waals surface area contributed by atoms with Crippen LogP contribution in [-0.2, 0) is 0 Å². The van der Waals surface area contributed by atoms with Gasteiger partial charge in [0.25, 0.3) is 0 Å². The summed E-state index contributed by atoms with van der Waals surface area (Å²) in [6.45, 7) is 1.87. The molecule has 1 heterocycles. The van der Waals surface area contributed by atoms with Gasteiger partial charge >= 0.3 is 0 Å². The lowest BCUT2D eigenvalue weighted by Gasteiger charge is -2.22. The maximum atomic E-state index is 13.4. The SMILES string of the molecule is Cc1cc(-c2cncc(F)c2)ccc1[C@H](O)[C@H](N)c1ccc(Cl)c(Cl)c1.Cl.Cl. The molecule has 0 aliphatic carbocycles. The summed E-state index contributed by atoms with van der Waals surface area (Å²) in [6.07, 6.45) is 1.83. The monoisotopic (exact) mass is 462 g/mol. The molecule has 28 heavy (non-hydrogen) atoms. The summed E-state index contributed by atoms with van der Waals surface area (Å²) in [7, 11) is 0. The van der Waals surface area contributed by atoms with Gasteiger partial charge in [0.05, 0.1) is 28.4 Å². The van der Waals surface area contributed by atoms with Gasteiger partial charge < -0.3 is 10.8 Å². The van der Waals surface area contributed by atoms with Crippen LogP contribution in [-0.4, -0.2) is 10.1 Å². The molecule has 0 saturated heterocycles. The van der Waals surface area contributed by atoms with Crippen LogP contribution >= 0.6 is 48.0 Å². The van der Waals surface area contributed by atoms with Gasteiger partial charge in [-0.25, -0.2) is 4.39 Å². The van der Waals surface area contributed by atoms with Crippen LogP contribution in [0.5, 0.6) is 0 Å². The molecule has 0 radical (unpaired) electrons. The summed E-state index contributed by atoms with van der Waals surface area (Å²) in [6, 6.07) is 11.3. The third-order valence-corrected chi connectivity index (χ3v) is 5.03. The lowest BCUT2D eigenvalue weighted by Crippen LogP contribution is -2.20. The second-order valence-corrected chi connectivity index (χ2v) is 6.92. The van der Waals surface area contributed by atoms with Gasteiger partial charge in [0, 0.05) is 11.8 Å². The highest BCUT2D eigenvalue weighted by molar-refractivity contribution is 6.42. The number of nitrogens with two attached hydrogens (primary N) is 1. The van der Waals surface area contributed by atoms with E-state index < -0.39 is 18.0 Å². The molecule has 0 unspecified atom stereocenters. The molecule has 0 spiro atoms. The molecule has 0 fully saturated rings. The second-order valence-electron chi connectivity index (χ2n) is 6.11. The van der Waals surface area contributed by atoms with E-state index in [-0.39, 0.29) is 24.8 Å². The minimum absolute atomic E-state index is 0. The van der Waals surface area contributed by atoms with Crippen LogP contribution in [0.25, 0.3) is 11.1 Å². The maximum absolute atomic E-state index is 13.4. The van der Waals surface area contributed by atoms with Crippen molar-refractivity contribution in [3.05, 3.63) is 87.4 Å².